The summed E-state index contributed by atoms with van der Waals surface area (Å²) >= 11 is 0. The van der Waals surface area contributed by atoms with E-state index in [0.717, 1.165) is 54.2 Å². The quantitative estimate of drug-likeness (QED) is 0.766. The second-order valence-electron chi connectivity index (χ2n) is 6.79. The molecule has 27 heavy (non-hydrogen) atoms. The van der Waals surface area contributed by atoms with Crippen LogP contribution in [0.3, 0.4) is 0 Å². The molecular weight excluding hydrogens is 340 g/mol. The molecule has 136 valence electrons. The Labute approximate surface area is 157 Å². The van der Waals surface area contributed by atoms with Crippen molar-refractivity contribution in [3.05, 3.63) is 65.5 Å². The molecule has 6 heteroatoms. The monoisotopic (exact) mass is 360 g/mol. The fourth-order valence-corrected chi connectivity index (χ4v) is 3.59. The molecule has 0 bridgehead atoms. The van der Waals surface area contributed by atoms with Gasteiger partial charge in [-0.25, -0.2) is 9.97 Å². The number of anilines is 3. The Morgan fingerprint density at radius 1 is 0.963 bits per heavy atom. The zero-order valence-corrected chi connectivity index (χ0v) is 15.1. The fourth-order valence-electron chi connectivity index (χ4n) is 3.59. The van der Waals surface area contributed by atoms with Gasteiger partial charge in [0.15, 0.2) is 11.5 Å². The van der Waals surface area contributed by atoms with Crippen LogP contribution >= 0.6 is 0 Å². The van der Waals surface area contributed by atoms with Crippen molar-refractivity contribution in [1.82, 2.24) is 9.97 Å². The molecule has 0 spiro atoms. The Morgan fingerprint density at radius 2 is 1.81 bits per heavy atom. The molecular formula is C21H20N4O2. The number of ether oxygens (including phenoxy) is 2. The lowest BCUT2D eigenvalue weighted by Gasteiger charge is -2.30. The van der Waals surface area contributed by atoms with Gasteiger partial charge in [-0.1, -0.05) is 24.3 Å². The number of hydrogen-bond acceptors (Lipinski definition) is 6. The van der Waals surface area contributed by atoms with Crippen LogP contribution in [-0.4, -0.2) is 23.3 Å². The van der Waals surface area contributed by atoms with Gasteiger partial charge in [-0.2, -0.15) is 0 Å². The van der Waals surface area contributed by atoms with Gasteiger partial charge < -0.3 is 19.7 Å². The van der Waals surface area contributed by atoms with E-state index in [2.05, 4.69) is 44.5 Å². The highest BCUT2D eigenvalue weighted by Crippen LogP contribution is 2.35. The molecule has 2 aliphatic heterocycles. The maximum atomic E-state index is 5.45. The Balaban J connectivity index is 1.40. The molecule has 0 amide bonds. The Hall–Kier alpha value is -3.28. The lowest BCUT2D eigenvalue weighted by atomic mass is 10.00. The number of benzene rings is 2. The van der Waals surface area contributed by atoms with Crippen LogP contribution < -0.4 is 19.7 Å². The van der Waals surface area contributed by atoms with Crippen molar-refractivity contribution >= 4 is 17.3 Å². The van der Waals surface area contributed by atoms with Crippen molar-refractivity contribution in [3.63, 3.8) is 0 Å². The summed E-state index contributed by atoms with van der Waals surface area (Å²) in [5.74, 6) is 3.98. The predicted octanol–water partition coefficient (Wildman–Crippen LogP) is 3.82. The van der Waals surface area contributed by atoms with Gasteiger partial charge in [0.1, 0.15) is 17.5 Å². The van der Waals surface area contributed by atoms with Crippen molar-refractivity contribution in [2.45, 2.75) is 19.9 Å². The molecule has 0 saturated carbocycles. The van der Waals surface area contributed by atoms with E-state index < -0.39 is 0 Å². The largest absolute Gasteiger partial charge is 0.454 e. The standard InChI is InChI=1S/C21H20N4O2/c1-14-22-20(24-17-6-7-18-19(10-17)27-13-26-18)11-21(23-14)25-9-8-15-4-2-3-5-16(15)12-25/h2-7,10-11H,8-9,12-13H2,1H3,(H,22,23,24). The first-order chi connectivity index (χ1) is 13.2. The van der Waals surface area contributed by atoms with Crippen LogP contribution in [0.25, 0.3) is 0 Å². The summed E-state index contributed by atoms with van der Waals surface area (Å²) < 4.78 is 10.8. The number of aryl methyl sites for hydroxylation is 1. The van der Waals surface area contributed by atoms with Crippen LogP contribution in [0.15, 0.2) is 48.5 Å². The van der Waals surface area contributed by atoms with E-state index in [1.807, 2.05) is 31.2 Å². The zero-order chi connectivity index (χ0) is 18.2. The van der Waals surface area contributed by atoms with E-state index in [9.17, 15) is 0 Å². The van der Waals surface area contributed by atoms with E-state index in [4.69, 9.17) is 9.47 Å². The number of nitrogens with zero attached hydrogens (tertiary/aromatic N) is 3. The summed E-state index contributed by atoms with van der Waals surface area (Å²) in [6, 6.07) is 16.4. The average molecular weight is 360 g/mol. The molecule has 0 unspecified atom stereocenters. The Kier molecular flexibility index (Phi) is 3.81. The molecule has 0 fully saturated rings. The van der Waals surface area contributed by atoms with Gasteiger partial charge in [0.25, 0.3) is 0 Å². The van der Waals surface area contributed by atoms with E-state index in [0.29, 0.717) is 0 Å². The fraction of sp³-hybridized carbons (Fsp3) is 0.238. The first-order valence-corrected chi connectivity index (χ1v) is 9.09. The number of nitrogens with one attached hydrogen (secondary N) is 1. The second-order valence-corrected chi connectivity index (χ2v) is 6.79. The van der Waals surface area contributed by atoms with Crippen LogP contribution in [0.5, 0.6) is 11.5 Å². The minimum atomic E-state index is 0.270. The van der Waals surface area contributed by atoms with Crippen molar-refractivity contribution in [1.29, 1.82) is 0 Å². The molecule has 0 radical (unpaired) electrons. The van der Waals surface area contributed by atoms with Crippen LogP contribution in [0.1, 0.15) is 17.0 Å². The van der Waals surface area contributed by atoms with E-state index >= 15 is 0 Å². The second kappa shape index (κ2) is 6.46. The molecule has 2 aromatic carbocycles. The first kappa shape index (κ1) is 15.9. The third kappa shape index (κ3) is 3.14. The highest BCUT2D eigenvalue weighted by Gasteiger charge is 2.18. The number of aromatic nitrogens is 2. The van der Waals surface area contributed by atoms with Crippen LogP contribution in [-0.2, 0) is 13.0 Å². The van der Waals surface area contributed by atoms with Crippen molar-refractivity contribution < 1.29 is 9.47 Å². The topological polar surface area (TPSA) is 59.5 Å². The van der Waals surface area contributed by atoms with Gasteiger partial charge in [0.2, 0.25) is 6.79 Å². The molecule has 5 rings (SSSR count). The maximum Gasteiger partial charge on any atom is 0.231 e. The molecule has 0 atom stereocenters. The Morgan fingerprint density at radius 3 is 2.74 bits per heavy atom. The summed E-state index contributed by atoms with van der Waals surface area (Å²) in [6.07, 6.45) is 1.03. The molecule has 3 heterocycles. The van der Waals surface area contributed by atoms with E-state index in [1.165, 1.54) is 11.1 Å². The van der Waals surface area contributed by atoms with Crippen molar-refractivity contribution in [3.8, 4) is 11.5 Å². The average Bonchev–Trinajstić information content (AvgIpc) is 3.15. The van der Waals surface area contributed by atoms with Crippen molar-refractivity contribution in [2.75, 3.05) is 23.6 Å². The summed E-state index contributed by atoms with van der Waals surface area (Å²) in [7, 11) is 0. The molecule has 2 aliphatic rings. The van der Waals surface area contributed by atoms with Crippen LogP contribution in [0, 0.1) is 6.92 Å². The third-order valence-electron chi connectivity index (χ3n) is 4.92. The SMILES string of the molecule is Cc1nc(Nc2ccc3c(c2)OCO3)cc(N2CCc3ccccc3C2)n1. The number of rotatable bonds is 3. The lowest BCUT2D eigenvalue weighted by Crippen LogP contribution is -2.31. The summed E-state index contributed by atoms with van der Waals surface area (Å²) in [5.41, 5.74) is 3.70. The van der Waals surface area contributed by atoms with Gasteiger partial charge in [-0.3, -0.25) is 0 Å². The first-order valence-electron chi connectivity index (χ1n) is 9.09. The van der Waals surface area contributed by atoms with Crippen molar-refractivity contribution in [2.24, 2.45) is 0 Å². The zero-order valence-electron chi connectivity index (χ0n) is 15.1. The van der Waals surface area contributed by atoms with Gasteiger partial charge in [-0.05, 0) is 36.6 Å². The molecule has 6 nitrogen and oxygen atoms in total. The normalized spacial score (nSPS) is 14.8. The number of fused-ring (bicyclic) bond motifs is 2. The van der Waals surface area contributed by atoms with E-state index in [1.54, 1.807) is 0 Å². The predicted molar refractivity (Wildman–Crippen MR) is 104 cm³/mol. The Bertz CT molecular complexity index is 1010. The van der Waals surface area contributed by atoms with Gasteiger partial charge >= 0.3 is 0 Å². The van der Waals surface area contributed by atoms with Crippen LogP contribution in [0.4, 0.5) is 17.3 Å². The van der Waals surface area contributed by atoms with Gasteiger partial charge in [0, 0.05) is 30.9 Å². The lowest BCUT2D eigenvalue weighted by molar-refractivity contribution is 0.174. The third-order valence-corrected chi connectivity index (χ3v) is 4.92. The molecule has 0 saturated heterocycles. The summed E-state index contributed by atoms with van der Waals surface area (Å²) in [6.45, 7) is 4.02. The highest BCUT2D eigenvalue weighted by atomic mass is 16.7. The smallest absolute Gasteiger partial charge is 0.231 e. The molecule has 0 aliphatic carbocycles. The number of hydrogen-bond donors (Lipinski definition) is 1. The van der Waals surface area contributed by atoms with Crippen LogP contribution in [0.2, 0.25) is 0 Å². The minimum absolute atomic E-state index is 0.270. The summed E-state index contributed by atoms with van der Waals surface area (Å²) in [5, 5.41) is 3.36. The van der Waals surface area contributed by atoms with E-state index in [-0.39, 0.29) is 6.79 Å². The molecule has 3 aromatic rings. The van der Waals surface area contributed by atoms with Gasteiger partial charge in [-0.15, -0.1) is 0 Å². The van der Waals surface area contributed by atoms with Gasteiger partial charge in [0.05, 0.1) is 0 Å². The molecule has 1 N–H and O–H groups in total. The molecule has 1 aromatic heterocycles. The summed E-state index contributed by atoms with van der Waals surface area (Å²) in [4.78, 5) is 11.5. The maximum absolute atomic E-state index is 5.45. The minimum Gasteiger partial charge on any atom is -0.454 e. The highest BCUT2D eigenvalue weighted by molar-refractivity contribution is 5.64.